The van der Waals surface area contributed by atoms with Gasteiger partial charge in [-0.3, -0.25) is 14.3 Å². The fraction of sp³-hybridized carbons (Fsp3) is 0.312. The van der Waals surface area contributed by atoms with Crippen molar-refractivity contribution in [3.8, 4) is 0 Å². The largest absolute Gasteiger partial charge is 0.354 e. The number of fused-ring (bicyclic) bond motifs is 1. The molecule has 0 aliphatic carbocycles. The second kappa shape index (κ2) is 7.85. The summed E-state index contributed by atoms with van der Waals surface area (Å²) < 4.78 is 54.3. The number of aromatic nitrogens is 5. The Hall–Kier alpha value is -3.51. The molecule has 29 heavy (non-hydrogen) atoms. The summed E-state index contributed by atoms with van der Waals surface area (Å²) in [7, 11) is 1.39. The predicted molar refractivity (Wildman–Crippen MR) is 92.1 cm³/mol. The average Bonchev–Trinajstić information content (AvgIpc) is 3.30. The van der Waals surface area contributed by atoms with Crippen molar-refractivity contribution in [3.63, 3.8) is 0 Å². The number of aryl methyl sites for hydroxylation is 1. The van der Waals surface area contributed by atoms with E-state index in [1.807, 2.05) is 0 Å². The maximum Gasteiger partial charge on any atom is 0.280 e. The van der Waals surface area contributed by atoms with E-state index >= 15 is 0 Å². The first-order valence-electron chi connectivity index (χ1n) is 8.33. The number of rotatable bonds is 6. The summed E-state index contributed by atoms with van der Waals surface area (Å²) in [6.07, 6.45) is -4.77. The molecule has 0 atom stereocenters. The lowest BCUT2D eigenvalue weighted by molar-refractivity contribution is 0.0958. The van der Waals surface area contributed by atoms with Gasteiger partial charge in [0.2, 0.25) is 0 Å². The molecule has 0 radical (unpaired) electrons. The summed E-state index contributed by atoms with van der Waals surface area (Å²) >= 11 is 0. The number of anilines is 1. The molecule has 9 nitrogen and oxygen atoms in total. The van der Waals surface area contributed by atoms with E-state index in [1.54, 1.807) is 6.92 Å². The summed E-state index contributed by atoms with van der Waals surface area (Å²) in [4.78, 5) is 28.0. The predicted octanol–water partition coefficient (Wildman–Crippen LogP) is 2.43. The fourth-order valence-corrected chi connectivity index (χ4v) is 2.54. The molecule has 13 heteroatoms. The van der Waals surface area contributed by atoms with Gasteiger partial charge in [0.05, 0.1) is 5.69 Å². The Bertz CT molecular complexity index is 1080. The molecule has 0 saturated carbocycles. The lowest BCUT2D eigenvalue weighted by Crippen LogP contribution is -2.21. The number of amides is 2. The quantitative estimate of drug-likeness (QED) is 0.604. The second-order valence-electron chi connectivity index (χ2n) is 5.79. The van der Waals surface area contributed by atoms with E-state index in [1.165, 1.54) is 17.9 Å². The highest BCUT2D eigenvalue weighted by Gasteiger charge is 2.23. The van der Waals surface area contributed by atoms with E-state index in [0.717, 1.165) is 6.07 Å². The molecule has 0 spiro atoms. The van der Waals surface area contributed by atoms with E-state index < -0.39 is 36.1 Å². The van der Waals surface area contributed by atoms with Crippen molar-refractivity contribution < 1.29 is 27.2 Å². The molecule has 0 fully saturated rings. The summed E-state index contributed by atoms with van der Waals surface area (Å²) in [6.45, 7) is 2.19. The second-order valence-corrected chi connectivity index (χ2v) is 5.79. The molecule has 3 aromatic rings. The van der Waals surface area contributed by atoms with Gasteiger partial charge in [-0.15, -0.1) is 0 Å². The van der Waals surface area contributed by atoms with Crippen molar-refractivity contribution in [2.45, 2.75) is 26.3 Å². The number of alkyl halides is 4. The molecular formula is C16H15F4N7O2. The first-order chi connectivity index (χ1) is 13.7. The van der Waals surface area contributed by atoms with E-state index in [9.17, 15) is 27.2 Å². The van der Waals surface area contributed by atoms with Gasteiger partial charge in [-0.05, 0) is 13.0 Å². The minimum Gasteiger partial charge on any atom is -0.354 e. The van der Waals surface area contributed by atoms with Crippen LogP contribution in [-0.4, -0.2) is 43.2 Å². The average molecular weight is 413 g/mol. The van der Waals surface area contributed by atoms with E-state index in [2.05, 4.69) is 25.8 Å². The van der Waals surface area contributed by atoms with Gasteiger partial charge in [0.25, 0.3) is 24.7 Å². The number of hydrogen-bond donors (Lipinski definition) is 2. The van der Waals surface area contributed by atoms with Crippen molar-refractivity contribution in [2.24, 2.45) is 0 Å². The molecule has 2 amide bonds. The molecule has 3 rings (SSSR count). The summed E-state index contributed by atoms with van der Waals surface area (Å²) in [5.41, 5.74) is -2.35. The molecule has 0 aromatic carbocycles. The topological polar surface area (TPSA) is 106 Å². The van der Waals surface area contributed by atoms with Crippen molar-refractivity contribution in [1.29, 1.82) is 0 Å². The van der Waals surface area contributed by atoms with Gasteiger partial charge in [-0.25, -0.2) is 27.1 Å². The molecule has 0 saturated heterocycles. The Labute approximate surface area is 160 Å². The van der Waals surface area contributed by atoms with Gasteiger partial charge in [0, 0.05) is 25.9 Å². The third-order valence-electron chi connectivity index (χ3n) is 3.93. The first kappa shape index (κ1) is 20.2. The number of carbonyl (C=O) groups excluding carboxylic acids is 2. The molecule has 0 aliphatic rings. The zero-order chi connectivity index (χ0) is 21.3. The number of halogens is 4. The molecule has 2 N–H and O–H groups in total. The van der Waals surface area contributed by atoms with E-state index in [0.29, 0.717) is 17.1 Å². The maximum absolute atomic E-state index is 13.2. The lowest BCUT2D eigenvalue weighted by Gasteiger charge is -2.06. The molecule has 3 heterocycles. The van der Waals surface area contributed by atoms with Gasteiger partial charge >= 0.3 is 0 Å². The molecule has 0 bridgehead atoms. The highest BCUT2D eigenvalue weighted by Crippen LogP contribution is 2.25. The van der Waals surface area contributed by atoms with Crippen LogP contribution in [0.2, 0.25) is 0 Å². The monoisotopic (exact) mass is 413 g/mol. The highest BCUT2D eigenvalue weighted by molar-refractivity contribution is 6.07. The molecule has 0 unspecified atom stereocenters. The van der Waals surface area contributed by atoms with Crippen molar-refractivity contribution in [1.82, 2.24) is 29.7 Å². The van der Waals surface area contributed by atoms with Gasteiger partial charge in [0.15, 0.2) is 17.0 Å². The van der Waals surface area contributed by atoms with Crippen LogP contribution in [0.15, 0.2) is 18.3 Å². The normalized spacial score (nSPS) is 11.4. The Balaban J connectivity index is 1.99. The van der Waals surface area contributed by atoms with Crippen molar-refractivity contribution in [3.05, 3.63) is 41.1 Å². The third kappa shape index (κ3) is 3.88. The van der Waals surface area contributed by atoms with Crippen LogP contribution in [-0.2, 0) is 6.54 Å². The SMILES string of the molecule is CCn1cc(NC(=O)c2cc3nc(C(F)F)cc(C(F)F)n3n2)c(C(=O)NC)n1. The van der Waals surface area contributed by atoms with Crippen LogP contribution in [0.1, 0.15) is 52.1 Å². The van der Waals surface area contributed by atoms with Crippen LogP contribution < -0.4 is 10.6 Å². The first-order valence-corrected chi connectivity index (χ1v) is 8.33. The Kier molecular flexibility index (Phi) is 5.48. The van der Waals surface area contributed by atoms with Crippen molar-refractivity contribution >= 4 is 23.1 Å². The van der Waals surface area contributed by atoms with E-state index in [-0.39, 0.29) is 22.7 Å². The Morgan fingerprint density at radius 3 is 2.41 bits per heavy atom. The molecule has 154 valence electrons. The lowest BCUT2D eigenvalue weighted by atomic mass is 10.3. The van der Waals surface area contributed by atoms with Gasteiger partial charge in [-0.1, -0.05) is 0 Å². The zero-order valence-electron chi connectivity index (χ0n) is 15.2. The number of nitrogens with one attached hydrogen (secondary N) is 2. The zero-order valence-corrected chi connectivity index (χ0v) is 15.2. The minimum atomic E-state index is -3.11. The van der Waals surface area contributed by atoms with E-state index in [4.69, 9.17) is 0 Å². The Morgan fingerprint density at radius 2 is 1.83 bits per heavy atom. The molecule has 3 aromatic heterocycles. The summed E-state index contributed by atoms with van der Waals surface area (Å²) in [5, 5.41) is 12.6. The number of hydrogen-bond acceptors (Lipinski definition) is 5. The third-order valence-corrected chi connectivity index (χ3v) is 3.93. The standard InChI is InChI=1S/C16H15F4N7O2/c1-3-26-6-9(12(25-26)16(29)21-2)23-15(28)8-5-11-22-7(13(17)18)4-10(14(19)20)27(11)24-8/h4-6,13-14H,3H2,1-2H3,(H,21,29)(H,23,28). The van der Waals surface area contributed by atoms with Gasteiger partial charge in [0.1, 0.15) is 11.4 Å². The van der Waals surface area contributed by atoms with Crippen LogP contribution in [0.3, 0.4) is 0 Å². The van der Waals surface area contributed by atoms with Gasteiger partial charge in [-0.2, -0.15) is 10.2 Å². The highest BCUT2D eigenvalue weighted by atomic mass is 19.3. The van der Waals surface area contributed by atoms with Gasteiger partial charge < -0.3 is 10.6 Å². The maximum atomic E-state index is 13.2. The minimum absolute atomic E-state index is 0.0576. The van der Waals surface area contributed by atoms with Crippen molar-refractivity contribution in [2.75, 3.05) is 12.4 Å². The summed E-state index contributed by atoms with van der Waals surface area (Å²) in [5.74, 6) is -1.40. The number of carbonyl (C=O) groups is 2. The number of nitrogens with zero attached hydrogens (tertiary/aromatic N) is 5. The fourth-order valence-electron chi connectivity index (χ4n) is 2.54. The van der Waals surface area contributed by atoms with Crippen LogP contribution in [0.5, 0.6) is 0 Å². The summed E-state index contributed by atoms with van der Waals surface area (Å²) in [6, 6.07) is 1.53. The van der Waals surface area contributed by atoms with Crippen LogP contribution in [0.25, 0.3) is 5.65 Å². The van der Waals surface area contributed by atoms with Crippen LogP contribution >= 0.6 is 0 Å². The smallest absolute Gasteiger partial charge is 0.280 e. The van der Waals surface area contributed by atoms with Crippen LogP contribution in [0, 0.1) is 0 Å². The Morgan fingerprint density at radius 1 is 1.10 bits per heavy atom. The molecule has 0 aliphatic heterocycles. The van der Waals surface area contributed by atoms with Crippen LogP contribution in [0.4, 0.5) is 23.2 Å². The molecular weight excluding hydrogens is 398 g/mol.